The van der Waals surface area contributed by atoms with Gasteiger partial charge in [0, 0.05) is 17.1 Å². The smallest absolute Gasteiger partial charge is 0.0714 e. The monoisotopic (exact) mass is 789 g/mol. The van der Waals surface area contributed by atoms with Crippen LogP contribution in [0.25, 0.3) is 55.6 Å². The number of para-hydroxylation sites is 1. The van der Waals surface area contributed by atoms with E-state index in [1.54, 1.807) is 0 Å². The van der Waals surface area contributed by atoms with Crippen LogP contribution in [0.3, 0.4) is 0 Å². The molecule has 0 fully saturated rings. The van der Waals surface area contributed by atoms with E-state index >= 15 is 0 Å². The summed E-state index contributed by atoms with van der Waals surface area (Å²) in [5.41, 5.74) is 19.7. The molecule has 1 atom stereocenters. The highest BCUT2D eigenvalue weighted by Gasteiger charge is 2.48. The molecule has 10 aromatic carbocycles. The molecule has 0 radical (unpaired) electrons. The fraction of sp³-hybridized carbons (Fsp3) is 0.0164. The van der Waals surface area contributed by atoms with Crippen LogP contribution in [0.4, 0.5) is 17.1 Å². The van der Waals surface area contributed by atoms with Crippen LogP contribution >= 0.6 is 0 Å². The second-order valence-corrected chi connectivity index (χ2v) is 16.1. The minimum atomic E-state index is -0.680. The van der Waals surface area contributed by atoms with Crippen molar-refractivity contribution in [3.05, 3.63) is 283 Å². The van der Waals surface area contributed by atoms with Gasteiger partial charge in [0.25, 0.3) is 0 Å². The highest BCUT2D eigenvalue weighted by molar-refractivity contribution is 5.99. The Bertz CT molecular complexity index is 3130. The van der Waals surface area contributed by atoms with Gasteiger partial charge in [-0.15, -0.1) is 0 Å². The lowest BCUT2D eigenvalue weighted by atomic mass is 9.66. The average Bonchev–Trinajstić information content (AvgIpc) is 3.66. The molecular weight excluding hydrogens is 747 g/mol. The molecule has 11 rings (SSSR count). The number of nitrogens with zero attached hydrogens (tertiary/aromatic N) is 1. The minimum Gasteiger partial charge on any atom is -0.310 e. The van der Waals surface area contributed by atoms with Gasteiger partial charge in [-0.3, -0.25) is 0 Å². The van der Waals surface area contributed by atoms with E-state index in [9.17, 15) is 0 Å². The lowest BCUT2D eigenvalue weighted by molar-refractivity contribution is 0.769. The maximum absolute atomic E-state index is 2.48. The standard InChI is InChI=1S/C61H43N/c1-7-20-44(21-8-1)47-34-36-54(37-35-47)62(53-32-17-6-18-33-53)55-38-39-56-58(43-55)61(51-29-15-5-16-30-51,52-31-19-28-49(40-52)45-22-9-2-10-23-45)59-42-50(46-24-11-3-12-25-46)41-57(60(56)59)48-26-13-4-14-27-48/h1-43H. The van der Waals surface area contributed by atoms with Crippen molar-refractivity contribution < 1.29 is 0 Å². The summed E-state index contributed by atoms with van der Waals surface area (Å²) in [4.78, 5) is 2.40. The van der Waals surface area contributed by atoms with Gasteiger partial charge in [0.2, 0.25) is 0 Å². The SMILES string of the molecule is c1ccc(-c2ccc(N(c3ccccc3)c3ccc4c(c3)C(c3ccccc3)(c3cccc(-c5ccccc5)c3)c3cc(-c5ccccc5)cc(-c5ccccc5)c3-4)cc2)cc1. The van der Waals surface area contributed by atoms with E-state index in [1.807, 2.05) is 0 Å². The van der Waals surface area contributed by atoms with Crippen LogP contribution < -0.4 is 4.90 Å². The van der Waals surface area contributed by atoms with Gasteiger partial charge in [0.1, 0.15) is 0 Å². The van der Waals surface area contributed by atoms with E-state index in [4.69, 9.17) is 0 Å². The second-order valence-electron chi connectivity index (χ2n) is 16.1. The molecule has 292 valence electrons. The van der Waals surface area contributed by atoms with Crippen LogP contribution in [0.2, 0.25) is 0 Å². The number of benzene rings is 10. The highest BCUT2D eigenvalue weighted by atomic mass is 15.1. The van der Waals surface area contributed by atoms with Crippen molar-refractivity contribution >= 4 is 17.1 Å². The summed E-state index contributed by atoms with van der Waals surface area (Å²) in [5, 5.41) is 0. The van der Waals surface area contributed by atoms with E-state index < -0.39 is 5.41 Å². The quantitative estimate of drug-likeness (QED) is 0.141. The largest absolute Gasteiger partial charge is 0.310 e. The lowest BCUT2D eigenvalue weighted by Crippen LogP contribution is -2.29. The predicted molar refractivity (Wildman–Crippen MR) is 260 cm³/mol. The van der Waals surface area contributed by atoms with Gasteiger partial charge in [-0.05, 0) is 132 Å². The first-order chi connectivity index (χ1) is 30.8. The number of hydrogen-bond donors (Lipinski definition) is 0. The molecule has 0 bridgehead atoms. The van der Waals surface area contributed by atoms with Crippen LogP contribution in [0, 0.1) is 0 Å². The topological polar surface area (TPSA) is 3.24 Å². The Morgan fingerprint density at radius 2 is 0.694 bits per heavy atom. The van der Waals surface area contributed by atoms with Crippen LogP contribution in [0.1, 0.15) is 22.3 Å². The molecule has 0 saturated carbocycles. The first kappa shape index (κ1) is 37.0. The number of rotatable bonds is 9. The Morgan fingerprint density at radius 3 is 1.31 bits per heavy atom. The van der Waals surface area contributed by atoms with Crippen molar-refractivity contribution in [3.8, 4) is 55.6 Å². The fourth-order valence-electron chi connectivity index (χ4n) is 9.71. The Morgan fingerprint density at radius 1 is 0.242 bits per heavy atom. The zero-order valence-corrected chi connectivity index (χ0v) is 34.3. The second kappa shape index (κ2) is 15.9. The third kappa shape index (κ3) is 6.43. The lowest BCUT2D eigenvalue weighted by Gasteiger charge is -2.35. The van der Waals surface area contributed by atoms with Crippen molar-refractivity contribution in [2.45, 2.75) is 5.41 Å². The molecule has 1 unspecified atom stereocenters. The van der Waals surface area contributed by atoms with Crippen molar-refractivity contribution in [2.75, 3.05) is 4.90 Å². The summed E-state index contributed by atoms with van der Waals surface area (Å²) in [6.07, 6.45) is 0. The van der Waals surface area contributed by atoms with Gasteiger partial charge in [-0.2, -0.15) is 0 Å². The van der Waals surface area contributed by atoms with Crippen LogP contribution in [-0.4, -0.2) is 0 Å². The molecule has 1 heteroatoms. The molecular formula is C61H43N. The molecule has 1 aliphatic carbocycles. The van der Waals surface area contributed by atoms with Crippen molar-refractivity contribution in [3.63, 3.8) is 0 Å². The fourth-order valence-corrected chi connectivity index (χ4v) is 9.71. The number of anilines is 3. The average molecular weight is 790 g/mol. The summed E-state index contributed by atoms with van der Waals surface area (Å²) in [5.74, 6) is 0. The Labute approximate surface area is 364 Å². The van der Waals surface area contributed by atoms with E-state index in [0.29, 0.717) is 0 Å². The molecule has 1 nitrogen and oxygen atoms in total. The number of fused-ring (bicyclic) bond motifs is 3. The number of hydrogen-bond acceptors (Lipinski definition) is 1. The predicted octanol–water partition coefficient (Wildman–Crippen LogP) is 16.2. The molecule has 10 aromatic rings. The van der Waals surface area contributed by atoms with E-state index in [2.05, 4.69) is 266 Å². The van der Waals surface area contributed by atoms with Gasteiger partial charge < -0.3 is 4.90 Å². The molecule has 62 heavy (non-hydrogen) atoms. The summed E-state index contributed by atoms with van der Waals surface area (Å²) in [6, 6.07) is 95.5. The molecule has 0 N–H and O–H groups in total. The van der Waals surface area contributed by atoms with E-state index in [-0.39, 0.29) is 0 Å². The molecule has 0 saturated heterocycles. The van der Waals surface area contributed by atoms with E-state index in [0.717, 1.165) is 17.1 Å². The zero-order valence-electron chi connectivity index (χ0n) is 34.3. The highest BCUT2D eigenvalue weighted by Crippen LogP contribution is 2.60. The van der Waals surface area contributed by atoms with E-state index in [1.165, 1.54) is 77.9 Å². The summed E-state index contributed by atoms with van der Waals surface area (Å²) >= 11 is 0. The van der Waals surface area contributed by atoms with Crippen molar-refractivity contribution in [2.24, 2.45) is 0 Å². The third-order valence-electron chi connectivity index (χ3n) is 12.5. The summed E-state index contributed by atoms with van der Waals surface area (Å²) < 4.78 is 0. The zero-order chi connectivity index (χ0) is 41.3. The van der Waals surface area contributed by atoms with Gasteiger partial charge in [-0.1, -0.05) is 206 Å². The van der Waals surface area contributed by atoms with Gasteiger partial charge >= 0.3 is 0 Å². The normalized spacial score (nSPS) is 13.9. The maximum Gasteiger partial charge on any atom is 0.0714 e. The van der Waals surface area contributed by atoms with Gasteiger partial charge in [-0.25, -0.2) is 0 Å². The van der Waals surface area contributed by atoms with Gasteiger partial charge in [0.15, 0.2) is 0 Å². The van der Waals surface area contributed by atoms with Crippen LogP contribution in [-0.2, 0) is 5.41 Å². The summed E-state index contributed by atoms with van der Waals surface area (Å²) in [7, 11) is 0. The molecule has 0 amide bonds. The minimum absolute atomic E-state index is 0.680. The molecule has 0 aromatic heterocycles. The first-order valence-corrected chi connectivity index (χ1v) is 21.4. The molecule has 0 heterocycles. The van der Waals surface area contributed by atoms with Crippen LogP contribution in [0.15, 0.2) is 261 Å². The van der Waals surface area contributed by atoms with Gasteiger partial charge in [0.05, 0.1) is 5.41 Å². The Kier molecular flexibility index (Phi) is 9.48. The summed E-state index contributed by atoms with van der Waals surface area (Å²) in [6.45, 7) is 0. The Balaban J connectivity index is 1.23. The van der Waals surface area contributed by atoms with Crippen LogP contribution in [0.5, 0.6) is 0 Å². The molecule has 0 spiro atoms. The molecule has 0 aliphatic heterocycles. The molecule has 1 aliphatic rings. The Hall–Kier alpha value is -8.00. The first-order valence-electron chi connectivity index (χ1n) is 21.4. The maximum atomic E-state index is 2.48. The third-order valence-corrected chi connectivity index (χ3v) is 12.5. The van der Waals surface area contributed by atoms with Crippen molar-refractivity contribution in [1.82, 2.24) is 0 Å². The van der Waals surface area contributed by atoms with Crippen molar-refractivity contribution in [1.29, 1.82) is 0 Å².